The zero-order valence-electron chi connectivity index (χ0n) is 11.6. The minimum Gasteiger partial charge on any atom is -0.481 e. The molecule has 1 fully saturated rings. The van der Waals surface area contributed by atoms with E-state index in [-0.39, 0.29) is 18.5 Å². The monoisotopic (exact) mass is 267 g/mol. The average Bonchev–Trinajstić information content (AvgIpc) is 2.27. The maximum Gasteiger partial charge on any atom is 0.307 e. The molecule has 1 aliphatic heterocycles. The zero-order chi connectivity index (χ0) is 14.6. The van der Waals surface area contributed by atoms with E-state index in [1.807, 2.05) is 26.8 Å². The summed E-state index contributed by atoms with van der Waals surface area (Å²) in [6.45, 7) is 6.52. The smallest absolute Gasteiger partial charge is 0.307 e. The molecule has 0 saturated carbocycles. The van der Waals surface area contributed by atoms with Crippen LogP contribution in [0.5, 0.6) is 0 Å². The summed E-state index contributed by atoms with van der Waals surface area (Å²) < 4.78 is 0. The molecule has 1 amide bonds. The molecular formula is C13H21N3O3. The summed E-state index contributed by atoms with van der Waals surface area (Å²) in [6.07, 6.45) is 0.416. The number of aliphatic carboxylic acids is 1. The number of hydrogen-bond acceptors (Lipinski definition) is 4. The number of nitrogens with zero attached hydrogens (tertiary/aromatic N) is 2. The van der Waals surface area contributed by atoms with Crippen molar-refractivity contribution in [3.05, 3.63) is 0 Å². The molecule has 2 atom stereocenters. The van der Waals surface area contributed by atoms with E-state index < -0.39 is 17.3 Å². The molecule has 2 N–H and O–H groups in total. The van der Waals surface area contributed by atoms with Gasteiger partial charge in [0, 0.05) is 24.5 Å². The number of amides is 1. The molecular weight excluding hydrogens is 246 g/mol. The molecule has 1 rings (SSSR count). The lowest BCUT2D eigenvalue weighted by atomic mass is 9.91. The third-order valence-electron chi connectivity index (χ3n) is 3.19. The van der Waals surface area contributed by atoms with Crippen LogP contribution in [-0.2, 0) is 9.59 Å². The molecule has 1 heterocycles. The van der Waals surface area contributed by atoms with E-state index in [1.54, 1.807) is 4.90 Å². The molecule has 106 valence electrons. The lowest BCUT2D eigenvalue weighted by Crippen LogP contribution is -2.54. The summed E-state index contributed by atoms with van der Waals surface area (Å²) in [5.41, 5.74) is -0.504. The Balaban J connectivity index is 2.69. The van der Waals surface area contributed by atoms with Gasteiger partial charge in [-0.2, -0.15) is 5.26 Å². The summed E-state index contributed by atoms with van der Waals surface area (Å²) in [7, 11) is 0. The number of carboxylic acids is 1. The van der Waals surface area contributed by atoms with Crippen LogP contribution in [0.25, 0.3) is 0 Å². The molecule has 0 aromatic heterocycles. The van der Waals surface area contributed by atoms with Crippen molar-refractivity contribution in [3.63, 3.8) is 0 Å². The van der Waals surface area contributed by atoms with Gasteiger partial charge in [-0.1, -0.05) is 20.8 Å². The van der Waals surface area contributed by atoms with E-state index >= 15 is 0 Å². The lowest BCUT2D eigenvalue weighted by molar-refractivity contribution is -0.144. The van der Waals surface area contributed by atoms with Gasteiger partial charge in [-0.3, -0.25) is 14.5 Å². The number of piperidine rings is 1. The molecule has 0 aliphatic carbocycles. The Hall–Kier alpha value is -1.61. The van der Waals surface area contributed by atoms with Gasteiger partial charge in [-0.15, -0.1) is 0 Å². The van der Waals surface area contributed by atoms with Crippen LogP contribution < -0.4 is 5.32 Å². The van der Waals surface area contributed by atoms with E-state index in [4.69, 9.17) is 10.4 Å². The minimum absolute atomic E-state index is 0.0968. The molecule has 19 heavy (non-hydrogen) atoms. The van der Waals surface area contributed by atoms with Crippen LogP contribution in [0.3, 0.4) is 0 Å². The van der Waals surface area contributed by atoms with Gasteiger partial charge in [0.25, 0.3) is 0 Å². The molecule has 6 heteroatoms. The van der Waals surface area contributed by atoms with Gasteiger partial charge < -0.3 is 10.4 Å². The number of carboxylic acid groups (broad SMARTS) is 1. The van der Waals surface area contributed by atoms with Gasteiger partial charge in [-0.05, 0) is 6.42 Å². The second-order valence-electron chi connectivity index (χ2n) is 6.04. The van der Waals surface area contributed by atoms with E-state index in [9.17, 15) is 9.59 Å². The van der Waals surface area contributed by atoms with Crippen molar-refractivity contribution in [1.82, 2.24) is 10.2 Å². The van der Waals surface area contributed by atoms with Crippen LogP contribution >= 0.6 is 0 Å². The lowest BCUT2D eigenvalue weighted by Gasteiger charge is -2.36. The second-order valence-corrected chi connectivity index (χ2v) is 6.04. The Morgan fingerprint density at radius 3 is 2.53 bits per heavy atom. The van der Waals surface area contributed by atoms with Gasteiger partial charge in [0.1, 0.15) is 0 Å². The summed E-state index contributed by atoms with van der Waals surface area (Å²) >= 11 is 0. The van der Waals surface area contributed by atoms with Crippen LogP contribution in [0.15, 0.2) is 0 Å². The predicted molar refractivity (Wildman–Crippen MR) is 69.2 cm³/mol. The van der Waals surface area contributed by atoms with Crippen molar-refractivity contribution < 1.29 is 14.7 Å². The quantitative estimate of drug-likeness (QED) is 0.724. The highest BCUT2D eigenvalue weighted by Crippen LogP contribution is 2.19. The molecule has 1 saturated heterocycles. The normalized spacial score (nSPS) is 24.5. The van der Waals surface area contributed by atoms with Gasteiger partial charge >= 0.3 is 5.97 Å². The van der Waals surface area contributed by atoms with Crippen LogP contribution in [0.4, 0.5) is 0 Å². The van der Waals surface area contributed by atoms with Crippen molar-refractivity contribution >= 4 is 11.9 Å². The predicted octanol–water partition coefficient (Wildman–Crippen LogP) is 0.447. The highest BCUT2D eigenvalue weighted by atomic mass is 16.4. The van der Waals surface area contributed by atoms with E-state index in [0.717, 1.165) is 0 Å². The van der Waals surface area contributed by atoms with E-state index in [0.29, 0.717) is 19.5 Å². The Morgan fingerprint density at radius 1 is 1.42 bits per heavy atom. The van der Waals surface area contributed by atoms with Gasteiger partial charge in [-0.25, -0.2) is 0 Å². The fraction of sp³-hybridized carbons (Fsp3) is 0.769. The summed E-state index contributed by atoms with van der Waals surface area (Å²) in [5.74, 6) is -1.51. The standard InChI is InChI=1S/C13H21N3O3/c1-13(2,3)12(19)15-10-6-9(11(17)18)7-16(8-10)5-4-14/h9-10H,5-8H2,1-3H3,(H,15,19)(H,17,18). The van der Waals surface area contributed by atoms with E-state index in [2.05, 4.69) is 5.32 Å². The first-order valence-electron chi connectivity index (χ1n) is 6.37. The molecule has 0 spiro atoms. The van der Waals surface area contributed by atoms with Crippen LogP contribution in [0.2, 0.25) is 0 Å². The number of carbonyl (C=O) groups excluding carboxylic acids is 1. The number of nitriles is 1. The first-order valence-corrected chi connectivity index (χ1v) is 6.37. The fourth-order valence-electron chi connectivity index (χ4n) is 2.10. The first-order chi connectivity index (χ1) is 8.74. The summed E-state index contributed by atoms with van der Waals surface area (Å²) in [5, 5.41) is 20.7. The Morgan fingerprint density at radius 2 is 2.05 bits per heavy atom. The molecule has 1 aliphatic rings. The third-order valence-corrected chi connectivity index (χ3v) is 3.19. The summed E-state index contributed by atoms with van der Waals surface area (Å²) in [6, 6.07) is 1.81. The number of nitrogens with one attached hydrogen (secondary N) is 1. The number of likely N-dealkylation sites (tertiary alicyclic amines) is 1. The highest BCUT2D eigenvalue weighted by Gasteiger charge is 2.33. The van der Waals surface area contributed by atoms with Crippen molar-refractivity contribution in [1.29, 1.82) is 5.26 Å². The zero-order valence-corrected chi connectivity index (χ0v) is 11.6. The summed E-state index contributed by atoms with van der Waals surface area (Å²) in [4.78, 5) is 24.8. The Kier molecular flexibility index (Phi) is 4.90. The number of carbonyl (C=O) groups is 2. The molecule has 0 bridgehead atoms. The van der Waals surface area contributed by atoms with Crippen molar-refractivity contribution in [2.45, 2.75) is 33.2 Å². The minimum atomic E-state index is -0.877. The SMILES string of the molecule is CC(C)(C)C(=O)NC1CC(C(=O)O)CN(CC#N)C1. The fourth-order valence-corrected chi connectivity index (χ4v) is 2.10. The number of rotatable bonds is 3. The molecule has 2 unspecified atom stereocenters. The van der Waals surface area contributed by atoms with Crippen molar-refractivity contribution in [2.24, 2.45) is 11.3 Å². The highest BCUT2D eigenvalue weighted by molar-refractivity contribution is 5.81. The number of hydrogen-bond donors (Lipinski definition) is 2. The molecule has 0 aromatic carbocycles. The average molecular weight is 267 g/mol. The van der Waals surface area contributed by atoms with Crippen LogP contribution in [-0.4, -0.2) is 47.6 Å². The third kappa shape index (κ3) is 4.52. The van der Waals surface area contributed by atoms with E-state index in [1.165, 1.54) is 0 Å². The van der Waals surface area contributed by atoms with Crippen molar-refractivity contribution in [2.75, 3.05) is 19.6 Å². The topological polar surface area (TPSA) is 93.4 Å². The van der Waals surface area contributed by atoms with Gasteiger partial charge in [0.05, 0.1) is 18.5 Å². The van der Waals surface area contributed by atoms with Gasteiger partial charge in [0.2, 0.25) is 5.91 Å². The van der Waals surface area contributed by atoms with Crippen LogP contribution in [0, 0.1) is 22.7 Å². The molecule has 0 radical (unpaired) electrons. The maximum absolute atomic E-state index is 11.9. The van der Waals surface area contributed by atoms with Gasteiger partial charge in [0.15, 0.2) is 0 Å². The van der Waals surface area contributed by atoms with Crippen molar-refractivity contribution in [3.8, 4) is 6.07 Å². The second kappa shape index (κ2) is 6.02. The maximum atomic E-state index is 11.9. The Bertz CT molecular complexity index is 395. The molecule has 0 aromatic rings. The largest absolute Gasteiger partial charge is 0.481 e. The van der Waals surface area contributed by atoms with Crippen LogP contribution in [0.1, 0.15) is 27.2 Å². The molecule has 6 nitrogen and oxygen atoms in total. The Labute approximate surface area is 113 Å². The first kappa shape index (κ1) is 15.4.